The van der Waals surface area contributed by atoms with Gasteiger partial charge in [0.15, 0.2) is 0 Å². The van der Waals surface area contributed by atoms with E-state index in [0.29, 0.717) is 11.6 Å². The third-order valence-corrected chi connectivity index (χ3v) is 2.30. The number of hydrogen-bond donors (Lipinski definition) is 2. The number of nitrogens with one attached hydrogen (secondary N) is 2. The van der Waals surface area contributed by atoms with E-state index in [1.807, 2.05) is 31.2 Å². The lowest BCUT2D eigenvalue weighted by Gasteiger charge is -2.14. The third kappa shape index (κ3) is 4.84. The minimum absolute atomic E-state index is 0. The molecule has 1 aromatic carbocycles. The summed E-state index contributed by atoms with van der Waals surface area (Å²) in [5.41, 5.74) is 1.01. The van der Waals surface area contributed by atoms with E-state index in [2.05, 4.69) is 10.6 Å². The molecule has 1 amide bonds. The molecular weight excluding hydrogens is 247 g/mol. The van der Waals surface area contributed by atoms with Crippen LogP contribution in [0.1, 0.15) is 18.5 Å². The Hall–Kier alpha value is -0.770. The first-order valence-corrected chi connectivity index (χ1v) is 5.20. The Morgan fingerprint density at radius 2 is 2.19 bits per heavy atom. The maximum Gasteiger partial charge on any atom is 0.234 e. The van der Waals surface area contributed by atoms with Crippen LogP contribution in [0.2, 0.25) is 5.02 Å². The van der Waals surface area contributed by atoms with E-state index in [1.165, 1.54) is 0 Å². The van der Waals surface area contributed by atoms with Gasteiger partial charge in [-0.1, -0.05) is 23.7 Å². The number of likely N-dealkylation sites (N-methyl/N-ethyl adjacent to an activating group) is 1. The van der Waals surface area contributed by atoms with E-state index in [0.717, 1.165) is 5.56 Å². The molecule has 0 unspecified atom stereocenters. The van der Waals surface area contributed by atoms with Crippen molar-refractivity contribution in [3.05, 3.63) is 34.9 Å². The quantitative estimate of drug-likeness (QED) is 0.874. The van der Waals surface area contributed by atoms with Crippen molar-refractivity contribution in [2.45, 2.75) is 13.0 Å². The SMILES string of the molecule is CNCC(=O)N[C@H](C)c1cccc(Cl)c1.Cl. The molecule has 0 bridgehead atoms. The van der Waals surface area contributed by atoms with Gasteiger partial charge >= 0.3 is 0 Å². The average Bonchev–Trinajstić information content (AvgIpc) is 2.18. The molecule has 1 rings (SSSR count). The zero-order valence-electron chi connectivity index (χ0n) is 9.29. The van der Waals surface area contributed by atoms with Crippen molar-refractivity contribution >= 4 is 29.9 Å². The summed E-state index contributed by atoms with van der Waals surface area (Å²) in [5.74, 6) is -0.0232. The Morgan fingerprint density at radius 1 is 1.50 bits per heavy atom. The van der Waals surface area contributed by atoms with Gasteiger partial charge in [-0.25, -0.2) is 0 Å². The fraction of sp³-hybridized carbons (Fsp3) is 0.364. The second-order valence-corrected chi connectivity index (χ2v) is 3.81. The van der Waals surface area contributed by atoms with E-state index >= 15 is 0 Å². The summed E-state index contributed by atoms with van der Waals surface area (Å²) < 4.78 is 0. The Morgan fingerprint density at radius 3 is 2.75 bits per heavy atom. The van der Waals surface area contributed by atoms with E-state index in [-0.39, 0.29) is 24.4 Å². The highest BCUT2D eigenvalue weighted by atomic mass is 35.5. The fourth-order valence-corrected chi connectivity index (χ4v) is 1.51. The standard InChI is InChI=1S/C11H15ClN2O.ClH/c1-8(14-11(15)7-13-2)9-4-3-5-10(12)6-9;/h3-6,8,13H,7H2,1-2H3,(H,14,15);1H/t8-;/m1./s1. The first-order valence-electron chi connectivity index (χ1n) is 4.83. The zero-order valence-corrected chi connectivity index (χ0v) is 10.9. The summed E-state index contributed by atoms with van der Waals surface area (Å²) in [4.78, 5) is 11.3. The summed E-state index contributed by atoms with van der Waals surface area (Å²) in [6.07, 6.45) is 0. The van der Waals surface area contributed by atoms with Gasteiger partial charge in [0.05, 0.1) is 12.6 Å². The molecule has 0 spiro atoms. The van der Waals surface area contributed by atoms with Crippen molar-refractivity contribution in [3.63, 3.8) is 0 Å². The normalized spacial score (nSPS) is 11.4. The minimum Gasteiger partial charge on any atom is -0.348 e. The molecule has 3 nitrogen and oxygen atoms in total. The van der Waals surface area contributed by atoms with Crippen molar-refractivity contribution < 1.29 is 4.79 Å². The van der Waals surface area contributed by atoms with Gasteiger partial charge in [-0.2, -0.15) is 0 Å². The maximum atomic E-state index is 11.3. The van der Waals surface area contributed by atoms with Gasteiger partial charge in [0.1, 0.15) is 0 Å². The Balaban J connectivity index is 0.00000225. The van der Waals surface area contributed by atoms with Gasteiger partial charge < -0.3 is 10.6 Å². The lowest BCUT2D eigenvalue weighted by molar-refractivity contribution is -0.120. The van der Waals surface area contributed by atoms with Crippen molar-refractivity contribution in [3.8, 4) is 0 Å². The van der Waals surface area contributed by atoms with E-state index < -0.39 is 0 Å². The molecule has 16 heavy (non-hydrogen) atoms. The van der Waals surface area contributed by atoms with Gasteiger partial charge in [-0.3, -0.25) is 4.79 Å². The molecule has 1 atom stereocenters. The van der Waals surface area contributed by atoms with Crippen LogP contribution in [-0.4, -0.2) is 19.5 Å². The van der Waals surface area contributed by atoms with Crippen LogP contribution < -0.4 is 10.6 Å². The van der Waals surface area contributed by atoms with Crippen LogP contribution in [0, 0.1) is 0 Å². The lowest BCUT2D eigenvalue weighted by Crippen LogP contribution is -2.33. The summed E-state index contributed by atoms with van der Waals surface area (Å²) in [7, 11) is 1.74. The van der Waals surface area contributed by atoms with Crippen LogP contribution in [0.25, 0.3) is 0 Å². The number of benzene rings is 1. The number of carbonyl (C=O) groups is 1. The van der Waals surface area contributed by atoms with Crippen LogP contribution >= 0.6 is 24.0 Å². The van der Waals surface area contributed by atoms with Crippen molar-refractivity contribution in [2.75, 3.05) is 13.6 Å². The largest absolute Gasteiger partial charge is 0.348 e. The van der Waals surface area contributed by atoms with Gasteiger partial charge in [-0.15, -0.1) is 12.4 Å². The highest BCUT2D eigenvalue weighted by molar-refractivity contribution is 6.30. The van der Waals surface area contributed by atoms with Crippen molar-refractivity contribution in [1.82, 2.24) is 10.6 Å². The molecule has 1 aromatic rings. The monoisotopic (exact) mass is 262 g/mol. The summed E-state index contributed by atoms with van der Waals surface area (Å²) in [6.45, 7) is 2.25. The number of amides is 1. The second kappa shape index (κ2) is 7.49. The molecule has 0 saturated carbocycles. The van der Waals surface area contributed by atoms with Crippen LogP contribution in [0.15, 0.2) is 24.3 Å². The number of carbonyl (C=O) groups excluding carboxylic acids is 1. The van der Waals surface area contributed by atoms with Crippen molar-refractivity contribution in [1.29, 1.82) is 0 Å². The van der Waals surface area contributed by atoms with Gasteiger partial charge in [0.2, 0.25) is 5.91 Å². The van der Waals surface area contributed by atoms with Gasteiger partial charge in [0.25, 0.3) is 0 Å². The highest BCUT2D eigenvalue weighted by Gasteiger charge is 2.08. The van der Waals surface area contributed by atoms with E-state index in [1.54, 1.807) is 7.05 Å². The van der Waals surface area contributed by atoms with Gasteiger partial charge in [-0.05, 0) is 31.7 Å². The molecule has 5 heteroatoms. The molecule has 0 aliphatic carbocycles. The molecule has 0 radical (unpaired) electrons. The summed E-state index contributed by atoms with van der Waals surface area (Å²) >= 11 is 5.86. The predicted octanol–water partition coefficient (Wildman–Crippen LogP) is 2.16. The Bertz CT molecular complexity index is 345. The molecule has 0 aromatic heterocycles. The Labute approximate surface area is 107 Å². The fourth-order valence-electron chi connectivity index (χ4n) is 1.31. The molecule has 0 aliphatic heterocycles. The zero-order chi connectivity index (χ0) is 11.3. The van der Waals surface area contributed by atoms with E-state index in [9.17, 15) is 4.79 Å². The maximum absolute atomic E-state index is 11.3. The Kier molecular flexibility index (Phi) is 7.13. The molecular formula is C11H16Cl2N2O. The van der Waals surface area contributed by atoms with Crippen molar-refractivity contribution in [2.24, 2.45) is 0 Å². The predicted molar refractivity (Wildman–Crippen MR) is 69.2 cm³/mol. The number of rotatable bonds is 4. The molecule has 2 N–H and O–H groups in total. The minimum atomic E-state index is -0.0236. The second-order valence-electron chi connectivity index (χ2n) is 3.37. The van der Waals surface area contributed by atoms with Crippen LogP contribution in [-0.2, 0) is 4.79 Å². The molecule has 0 heterocycles. The van der Waals surface area contributed by atoms with Crippen LogP contribution in [0.4, 0.5) is 0 Å². The highest BCUT2D eigenvalue weighted by Crippen LogP contribution is 2.16. The molecule has 0 fully saturated rings. The summed E-state index contributed by atoms with van der Waals surface area (Å²) in [6, 6.07) is 7.46. The summed E-state index contributed by atoms with van der Waals surface area (Å²) in [5, 5.41) is 6.34. The molecule has 0 saturated heterocycles. The van der Waals surface area contributed by atoms with Crippen LogP contribution in [0.5, 0.6) is 0 Å². The third-order valence-electron chi connectivity index (χ3n) is 2.06. The number of hydrogen-bond acceptors (Lipinski definition) is 2. The first kappa shape index (κ1) is 15.2. The number of halogens is 2. The van der Waals surface area contributed by atoms with E-state index in [4.69, 9.17) is 11.6 Å². The van der Waals surface area contributed by atoms with Crippen LogP contribution in [0.3, 0.4) is 0 Å². The first-order chi connectivity index (χ1) is 7.13. The topological polar surface area (TPSA) is 41.1 Å². The molecule has 90 valence electrons. The average molecular weight is 263 g/mol. The molecule has 0 aliphatic rings. The lowest BCUT2D eigenvalue weighted by atomic mass is 10.1. The smallest absolute Gasteiger partial charge is 0.234 e. The van der Waals surface area contributed by atoms with Gasteiger partial charge in [0, 0.05) is 5.02 Å².